The molecule has 0 bridgehead atoms. The molecule has 0 aliphatic carbocycles. The molecular formula is C9H10N2O. The van der Waals surface area contributed by atoms with Crippen molar-refractivity contribution in [2.24, 2.45) is 0 Å². The van der Waals surface area contributed by atoms with Gasteiger partial charge in [-0.15, -0.1) is 0 Å². The second kappa shape index (κ2) is 3.63. The molecule has 0 aliphatic heterocycles. The summed E-state index contributed by atoms with van der Waals surface area (Å²) in [5.41, 5.74) is 1.79. The molecule has 0 amide bonds. The van der Waals surface area contributed by atoms with E-state index in [1.165, 1.54) is 0 Å². The maximum Gasteiger partial charge on any atom is 0.336 e. The molecule has 0 aliphatic rings. The fraction of sp³-hybridized carbons (Fsp3) is 0.222. The molecule has 0 fully saturated rings. The SMILES string of the molecule is CN(C)c1ccc(C#[N+][O-])cc1. The van der Waals surface area contributed by atoms with Gasteiger partial charge in [-0.1, -0.05) is 0 Å². The van der Waals surface area contributed by atoms with Crippen molar-refractivity contribution < 1.29 is 0 Å². The molecule has 12 heavy (non-hydrogen) atoms. The van der Waals surface area contributed by atoms with Crippen LogP contribution >= 0.6 is 0 Å². The molecule has 0 atom stereocenters. The van der Waals surface area contributed by atoms with Crippen LogP contribution in [-0.4, -0.2) is 14.1 Å². The van der Waals surface area contributed by atoms with Crippen molar-refractivity contribution in [2.75, 3.05) is 19.0 Å². The molecule has 0 spiro atoms. The van der Waals surface area contributed by atoms with E-state index in [9.17, 15) is 5.21 Å². The molecule has 1 aromatic rings. The first-order chi connectivity index (χ1) is 5.74. The maximum absolute atomic E-state index is 9.82. The number of anilines is 1. The summed E-state index contributed by atoms with van der Waals surface area (Å²) < 4.78 is 0. The summed E-state index contributed by atoms with van der Waals surface area (Å²) in [6.07, 6.45) is 0. The average Bonchev–Trinajstić information content (AvgIpc) is 2.06. The summed E-state index contributed by atoms with van der Waals surface area (Å²) >= 11 is 0. The largest absolute Gasteiger partial charge is 0.498 e. The third-order valence-electron chi connectivity index (χ3n) is 1.56. The van der Waals surface area contributed by atoms with Gasteiger partial charge >= 0.3 is 6.07 Å². The van der Waals surface area contributed by atoms with Gasteiger partial charge in [-0.05, 0) is 24.3 Å². The Morgan fingerprint density at radius 3 is 2.25 bits per heavy atom. The van der Waals surface area contributed by atoms with E-state index < -0.39 is 0 Å². The van der Waals surface area contributed by atoms with E-state index in [1.54, 1.807) is 12.1 Å². The van der Waals surface area contributed by atoms with E-state index in [-0.39, 0.29) is 0 Å². The first-order valence-corrected chi connectivity index (χ1v) is 3.60. The Kier molecular flexibility index (Phi) is 2.54. The van der Waals surface area contributed by atoms with E-state index in [1.807, 2.05) is 31.1 Å². The highest BCUT2D eigenvalue weighted by atomic mass is 16.4. The molecule has 0 heterocycles. The molecule has 0 N–H and O–H groups in total. The summed E-state index contributed by atoms with van der Waals surface area (Å²) in [6, 6.07) is 9.75. The van der Waals surface area contributed by atoms with Crippen LogP contribution in [0.2, 0.25) is 0 Å². The Hall–Kier alpha value is -1.69. The molecular weight excluding hydrogens is 152 g/mol. The zero-order valence-electron chi connectivity index (χ0n) is 7.11. The van der Waals surface area contributed by atoms with Gasteiger partial charge in [0, 0.05) is 24.8 Å². The highest BCUT2D eigenvalue weighted by Gasteiger charge is 1.96. The predicted octanol–water partition coefficient (Wildman–Crippen LogP) is 1.93. The Morgan fingerprint density at radius 2 is 1.83 bits per heavy atom. The Bertz CT molecular complexity index is 306. The van der Waals surface area contributed by atoms with Gasteiger partial charge in [-0.2, -0.15) is 0 Å². The number of benzene rings is 1. The normalized spacial score (nSPS) is 8.50. The van der Waals surface area contributed by atoms with Crippen LogP contribution in [0.5, 0.6) is 0 Å². The van der Waals surface area contributed by atoms with E-state index in [0.29, 0.717) is 5.56 Å². The molecule has 3 nitrogen and oxygen atoms in total. The van der Waals surface area contributed by atoms with E-state index in [0.717, 1.165) is 5.69 Å². The quantitative estimate of drug-likeness (QED) is 0.591. The standard InChI is InChI=1S/C9H10N2O/c1-11(2)9-5-3-8(4-6-9)7-10-12/h3-6H,1-2H3. The van der Waals surface area contributed by atoms with Crippen molar-refractivity contribution in [2.45, 2.75) is 0 Å². The molecule has 0 saturated heterocycles. The zero-order valence-corrected chi connectivity index (χ0v) is 7.11. The zero-order chi connectivity index (χ0) is 8.97. The molecule has 0 aromatic heterocycles. The first-order valence-electron chi connectivity index (χ1n) is 3.60. The van der Waals surface area contributed by atoms with Crippen LogP contribution in [0.4, 0.5) is 5.69 Å². The lowest BCUT2D eigenvalue weighted by Gasteiger charge is -2.10. The summed E-state index contributed by atoms with van der Waals surface area (Å²) in [7, 11) is 3.92. The third-order valence-corrected chi connectivity index (χ3v) is 1.56. The van der Waals surface area contributed by atoms with Crippen molar-refractivity contribution in [3.63, 3.8) is 0 Å². The van der Waals surface area contributed by atoms with Crippen LogP contribution in [0.15, 0.2) is 24.3 Å². The van der Waals surface area contributed by atoms with Crippen LogP contribution in [0, 0.1) is 11.3 Å². The highest BCUT2D eigenvalue weighted by molar-refractivity contribution is 5.48. The fourth-order valence-corrected chi connectivity index (χ4v) is 0.887. The lowest BCUT2D eigenvalue weighted by Crippen LogP contribution is -2.07. The average molecular weight is 162 g/mol. The topological polar surface area (TPSA) is 30.7 Å². The fourth-order valence-electron chi connectivity index (χ4n) is 0.887. The van der Waals surface area contributed by atoms with Gasteiger partial charge < -0.3 is 10.1 Å². The third kappa shape index (κ3) is 1.89. The second-order valence-electron chi connectivity index (χ2n) is 2.64. The second-order valence-corrected chi connectivity index (χ2v) is 2.64. The maximum atomic E-state index is 9.82. The minimum absolute atomic E-state index is 0.704. The van der Waals surface area contributed by atoms with Gasteiger partial charge in [0.15, 0.2) is 0 Å². The molecule has 3 heteroatoms. The Labute approximate surface area is 71.6 Å². The number of hydrogen-bond donors (Lipinski definition) is 0. The smallest absolute Gasteiger partial charge is 0.336 e. The molecule has 1 aromatic carbocycles. The molecule has 0 unspecified atom stereocenters. The van der Waals surface area contributed by atoms with Gasteiger partial charge in [0.2, 0.25) is 0 Å². The van der Waals surface area contributed by atoms with Gasteiger partial charge in [-0.25, -0.2) is 0 Å². The molecule has 62 valence electrons. The lowest BCUT2D eigenvalue weighted by atomic mass is 10.2. The minimum Gasteiger partial charge on any atom is -0.498 e. The van der Waals surface area contributed by atoms with Crippen LogP contribution in [0.1, 0.15) is 5.56 Å². The van der Waals surface area contributed by atoms with Crippen molar-refractivity contribution in [1.29, 1.82) is 0 Å². The number of rotatable bonds is 1. The monoisotopic (exact) mass is 162 g/mol. The van der Waals surface area contributed by atoms with Crippen LogP contribution in [-0.2, 0) is 0 Å². The number of hydrogen-bond acceptors (Lipinski definition) is 2. The van der Waals surface area contributed by atoms with Gasteiger partial charge in [0.1, 0.15) is 5.56 Å². The Balaban J connectivity index is 2.90. The van der Waals surface area contributed by atoms with Gasteiger partial charge in [0.05, 0.1) is 0 Å². The van der Waals surface area contributed by atoms with E-state index >= 15 is 0 Å². The van der Waals surface area contributed by atoms with Gasteiger partial charge in [0.25, 0.3) is 0 Å². The van der Waals surface area contributed by atoms with E-state index in [2.05, 4.69) is 11.1 Å². The first kappa shape index (κ1) is 8.41. The lowest BCUT2D eigenvalue weighted by molar-refractivity contribution is 1.13. The molecule has 0 saturated carbocycles. The highest BCUT2D eigenvalue weighted by Crippen LogP contribution is 2.11. The van der Waals surface area contributed by atoms with Crippen molar-refractivity contribution in [3.8, 4) is 6.07 Å². The van der Waals surface area contributed by atoms with Crippen LogP contribution in [0.3, 0.4) is 0 Å². The summed E-state index contributed by atoms with van der Waals surface area (Å²) in [5.74, 6) is 0. The Morgan fingerprint density at radius 1 is 1.25 bits per heavy atom. The predicted molar refractivity (Wildman–Crippen MR) is 50.5 cm³/mol. The van der Waals surface area contributed by atoms with Crippen molar-refractivity contribution in [3.05, 3.63) is 40.0 Å². The van der Waals surface area contributed by atoms with Crippen LogP contribution in [0.25, 0.3) is 5.01 Å². The minimum atomic E-state index is 0.704. The van der Waals surface area contributed by atoms with Crippen LogP contribution < -0.4 is 4.90 Å². The van der Waals surface area contributed by atoms with Crippen molar-refractivity contribution in [1.82, 2.24) is 0 Å². The molecule has 1 rings (SSSR count). The van der Waals surface area contributed by atoms with Gasteiger partial charge in [-0.3, -0.25) is 0 Å². The summed E-state index contributed by atoms with van der Waals surface area (Å²) in [5, 5.41) is 12.4. The summed E-state index contributed by atoms with van der Waals surface area (Å²) in [6.45, 7) is 0. The van der Waals surface area contributed by atoms with E-state index in [4.69, 9.17) is 0 Å². The number of nitrogens with zero attached hydrogens (tertiary/aromatic N) is 2. The summed E-state index contributed by atoms with van der Waals surface area (Å²) in [4.78, 5) is 1.98. The molecule has 0 radical (unpaired) electrons. The van der Waals surface area contributed by atoms with Crippen molar-refractivity contribution >= 4 is 5.69 Å².